The summed E-state index contributed by atoms with van der Waals surface area (Å²) in [6.45, 7) is 0. The molecule has 0 saturated heterocycles. The van der Waals surface area contributed by atoms with E-state index in [1.165, 1.54) is 19.3 Å². The molecule has 0 aromatic heterocycles. The van der Waals surface area contributed by atoms with Crippen LogP contribution >= 0.6 is 11.6 Å². The summed E-state index contributed by atoms with van der Waals surface area (Å²) < 4.78 is 0. The Morgan fingerprint density at radius 2 is 2.56 bits per heavy atom. The average molecular weight is 143 g/mol. The maximum atomic E-state index is 5.84. The van der Waals surface area contributed by atoms with E-state index in [4.69, 9.17) is 11.6 Å². The highest BCUT2D eigenvalue weighted by atomic mass is 35.5. The molecule has 9 heavy (non-hydrogen) atoms. The molecular formula is C8H11Cl. The topological polar surface area (TPSA) is 0 Å². The Bertz CT molecular complexity index is 151. The van der Waals surface area contributed by atoms with Crippen LogP contribution in [0.25, 0.3) is 0 Å². The van der Waals surface area contributed by atoms with Gasteiger partial charge in [0.1, 0.15) is 0 Å². The number of halogens is 1. The summed E-state index contributed by atoms with van der Waals surface area (Å²) in [7, 11) is 0. The molecule has 2 bridgehead atoms. The third-order valence-corrected chi connectivity index (χ3v) is 3.20. The maximum Gasteiger partial charge on any atom is 0.0314 e. The summed E-state index contributed by atoms with van der Waals surface area (Å²) in [5, 5.41) is 0. The van der Waals surface area contributed by atoms with Crippen LogP contribution in [-0.2, 0) is 0 Å². The molecule has 1 heteroatoms. The zero-order chi connectivity index (χ0) is 6.32. The first-order chi connectivity index (χ1) is 4.35. The second-order valence-corrected chi connectivity index (χ2v) is 3.63. The Morgan fingerprint density at radius 3 is 2.78 bits per heavy atom. The Morgan fingerprint density at radius 1 is 1.67 bits per heavy atom. The first-order valence-electron chi connectivity index (χ1n) is 3.60. The van der Waals surface area contributed by atoms with E-state index in [1.54, 1.807) is 0 Å². The van der Waals surface area contributed by atoms with Crippen molar-refractivity contribution in [2.75, 3.05) is 5.88 Å². The van der Waals surface area contributed by atoms with E-state index in [0.29, 0.717) is 5.41 Å². The van der Waals surface area contributed by atoms with Crippen molar-refractivity contribution in [3.05, 3.63) is 12.2 Å². The van der Waals surface area contributed by atoms with Crippen LogP contribution < -0.4 is 0 Å². The molecule has 0 aliphatic heterocycles. The molecule has 2 aliphatic rings. The van der Waals surface area contributed by atoms with Crippen LogP contribution in [0.4, 0.5) is 0 Å². The predicted octanol–water partition coefficient (Wildman–Crippen LogP) is 2.58. The minimum atomic E-state index is 0.437. The zero-order valence-corrected chi connectivity index (χ0v) is 6.19. The quantitative estimate of drug-likeness (QED) is 0.390. The summed E-state index contributed by atoms with van der Waals surface area (Å²) in [6, 6.07) is 0. The summed E-state index contributed by atoms with van der Waals surface area (Å²) >= 11 is 5.84. The van der Waals surface area contributed by atoms with Crippen LogP contribution in [0.1, 0.15) is 19.3 Å². The van der Waals surface area contributed by atoms with Crippen LogP contribution in [-0.4, -0.2) is 5.88 Å². The highest BCUT2D eigenvalue weighted by Gasteiger charge is 2.39. The molecule has 0 heterocycles. The van der Waals surface area contributed by atoms with E-state index in [0.717, 1.165) is 11.8 Å². The van der Waals surface area contributed by atoms with Crippen LogP contribution in [0.5, 0.6) is 0 Å². The molecule has 0 N–H and O–H groups in total. The molecule has 0 unspecified atom stereocenters. The van der Waals surface area contributed by atoms with Gasteiger partial charge in [0.25, 0.3) is 0 Å². The third kappa shape index (κ3) is 0.728. The highest BCUT2D eigenvalue weighted by Crippen LogP contribution is 2.49. The Kier molecular flexibility index (Phi) is 1.13. The van der Waals surface area contributed by atoms with Gasteiger partial charge in [-0.15, -0.1) is 11.6 Å². The molecule has 0 spiro atoms. The molecule has 0 nitrogen and oxygen atoms in total. The molecule has 0 aromatic rings. The summed E-state index contributed by atoms with van der Waals surface area (Å²) in [5.74, 6) is 1.71. The number of hydrogen-bond acceptors (Lipinski definition) is 0. The fourth-order valence-corrected chi connectivity index (χ4v) is 2.35. The van der Waals surface area contributed by atoms with Crippen molar-refractivity contribution in [3.8, 4) is 0 Å². The zero-order valence-electron chi connectivity index (χ0n) is 5.44. The molecule has 0 aromatic carbocycles. The maximum absolute atomic E-state index is 5.84. The SMILES string of the molecule is ClC[C@@]12C=C[C@@H](CC1)C2. The van der Waals surface area contributed by atoms with E-state index in [-0.39, 0.29) is 0 Å². The minimum Gasteiger partial charge on any atom is -0.126 e. The van der Waals surface area contributed by atoms with Crippen molar-refractivity contribution in [2.24, 2.45) is 11.3 Å². The molecule has 2 atom stereocenters. The van der Waals surface area contributed by atoms with Gasteiger partial charge in [-0.05, 0) is 25.2 Å². The minimum absolute atomic E-state index is 0.437. The predicted molar refractivity (Wildman–Crippen MR) is 39.6 cm³/mol. The number of fused-ring (bicyclic) bond motifs is 2. The summed E-state index contributed by atoms with van der Waals surface area (Å²) in [4.78, 5) is 0. The van der Waals surface area contributed by atoms with Crippen molar-refractivity contribution in [1.82, 2.24) is 0 Å². The van der Waals surface area contributed by atoms with Gasteiger partial charge in [0, 0.05) is 11.3 Å². The van der Waals surface area contributed by atoms with Gasteiger partial charge in [-0.2, -0.15) is 0 Å². The normalized spacial score (nSPS) is 46.6. The van der Waals surface area contributed by atoms with Gasteiger partial charge in [0.2, 0.25) is 0 Å². The fourth-order valence-electron chi connectivity index (χ4n) is 2.02. The average Bonchev–Trinajstić information content (AvgIpc) is 2.46. The van der Waals surface area contributed by atoms with Crippen molar-refractivity contribution < 1.29 is 0 Å². The lowest BCUT2D eigenvalue weighted by molar-refractivity contribution is 0.462. The standard InChI is InChI=1S/C8H11Cl/c9-6-8-3-1-7(5-8)2-4-8/h1,3,7H,2,4-6H2/t7-,8-/m0/s1. The van der Waals surface area contributed by atoms with E-state index >= 15 is 0 Å². The third-order valence-electron chi connectivity index (χ3n) is 2.67. The number of hydrogen-bond donors (Lipinski definition) is 0. The molecule has 1 saturated carbocycles. The lowest BCUT2D eigenvalue weighted by Crippen LogP contribution is -2.12. The van der Waals surface area contributed by atoms with E-state index < -0.39 is 0 Å². The van der Waals surface area contributed by atoms with Crippen molar-refractivity contribution in [2.45, 2.75) is 19.3 Å². The lowest BCUT2D eigenvalue weighted by Gasteiger charge is -2.18. The van der Waals surface area contributed by atoms with E-state index in [2.05, 4.69) is 12.2 Å². The smallest absolute Gasteiger partial charge is 0.0314 e. The van der Waals surface area contributed by atoms with Gasteiger partial charge in [0.15, 0.2) is 0 Å². The molecule has 1 fully saturated rings. The van der Waals surface area contributed by atoms with Gasteiger partial charge in [-0.25, -0.2) is 0 Å². The monoisotopic (exact) mass is 142 g/mol. The van der Waals surface area contributed by atoms with Gasteiger partial charge >= 0.3 is 0 Å². The second-order valence-electron chi connectivity index (χ2n) is 3.36. The number of allylic oxidation sites excluding steroid dienone is 2. The van der Waals surface area contributed by atoms with Crippen molar-refractivity contribution in [1.29, 1.82) is 0 Å². The highest BCUT2D eigenvalue weighted by molar-refractivity contribution is 6.18. The van der Waals surface area contributed by atoms with Crippen LogP contribution in [0.3, 0.4) is 0 Å². The van der Waals surface area contributed by atoms with Crippen LogP contribution in [0.15, 0.2) is 12.2 Å². The molecule has 2 aliphatic carbocycles. The molecule has 0 radical (unpaired) electrons. The largest absolute Gasteiger partial charge is 0.126 e. The molecular weight excluding hydrogens is 132 g/mol. The van der Waals surface area contributed by atoms with Gasteiger partial charge in [-0.3, -0.25) is 0 Å². The van der Waals surface area contributed by atoms with Gasteiger partial charge in [-0.1, -0.05) is 12.2 Å². The second kappa shape index (κ2) is 1.76. The van der Waals surface area contributed by atoms with Gasteiger partial charge in [0.05, 0.1) is 0 Å². The Labute approximate surface area is 60.9 Å². The first-order valence-corrected chi connectivity index (χ1v) is 4.13. The first kappa shape index (κ1) is 5.79. The fraction of sp³-hybridized carbons (Fsp3) is 0.750. The van der Waals surface area contributed by atoms with Crippen LogP contribution in [0.2, 0.25) is 0 Å². The van der Waals surface area contributed by atoms with Crippen molar-refractivity contribution >= 4 is 11.6 Å². The Balaban J connectivity index is 2.23. The summed E-state index contributed by atoms with van der Waals surface area (Å²) in [5.41, 5.74) is 0.437. The summed E-state index contributed by atoms with van der Waals surface area (Å²) in [6.07, 6.45) is 8.71. The molecule has 50 valence electrons. The van der Waals surface area contributed by atoms with Gasteiger partial charge < -0.3 is 0 Å². The number of alkyl halides is 1. The van der Waals surface area contributed by atoms with E-state index in [1.807, 2.05) is 0 Å². The van der Waals surface area contributed by atoms with Crippen molar-refractivity contribution in [3.63, 3.8) is 0 Å². The molecule has 2 rings (SSSR count). The lowest BCUT2D eigenvalue weighted by atomic mass is 9.91. The van der Waals surface area contributed by atoms with E-state index in [9.17, 15) is 0 Å². The molecule has 0 amide bonds. The van der Waals surface area contributed by atoms with Crippen LogP contribution in [0, 0.1) is 11.3 Å². The number of rotatable bonds is 1. The Hall–Kier alpha value is 0.0300.